The summed E-state index contributed by atoms with van der Waals surface area (Å²) in [6.07, 6.45) is 0. The molecule has 0 N–H and O–H groups in total. The summed E-state index contributed by atoms with van der Waals surface area (Å²) in [7, 11) is 1.52. The molecule has 0 radical (unpaired) electrons. The monoisotopic (exact) mass is 348 g/mol. The van der Waals surface area contributed by atoms with Crippen molar-refractivity contribution in [2.24, 2.45) is 0 Å². The molecular weight excluding hydrogens is 338 g/mol. The van der Waals surface area contributed by atoms with Crippen molar-refractivity contribution in [1.82, 2.24) is 0 Å². The Bertz CT molecular complexity index is 622. The number of methoxy groups -OCH3 is 1. The highest BCUT2D eigenvalue weighted by Gasteiger charge is 2.13. The maximum Gasteiger partial charge on any atom is 0.166 e. The van der Waals surface area contributed by atoms with Gasteiger partial charge in [0.15, 0.2) is 11.5 Å². The van der Waals surface area contributed by atoms with Crippen LogP contribution in [0.2, 0.25) is 10.0 Å². The van der Waals surface area contributed by atoms with Gasteiger partial charge in [0, 0.05) is 16.7 Å². The summed E-state index contributed by atoms with van der Waals surface area (Å²) in [5.41, 5.74) is 1.45. The fraction of sp³-hybridized carbons (Fsp3) is 0.200. The van der Waals surface area contributed by atoms with Gasteiger partial charge in [-0.1, -0.05) is 29.3 Å². The molecule has 2 rings (SSSR count). The molecule has 2 aromatic carbocycles. The molecule has 0 saturated heterocycles. The summed E-state index contributed by atoms with van der Waals surface area (Å²) in [6.45, 7) is 0.210. The molecule has 21 heavy (non-hydrogen) atoms. The quantitative estimate of drug-likeness (QED) is 0.667. The molecule has 0 atom stereocenters. The van der Waals surface area contributed by atoms with Gasteiger partial charge in [0.05, 0.1) is 18.0 Å². The van der Waals surface area contributed by atoms with Gasteiger partial charge in [0.1, 0.15) is 12.4 Å². The largest absolute Gasteiger partial charge is 0.493 e. The lowest BCUT2D eigenvalue weighted by molar-refractivity contribution is 0.282. The standard InChI is InChI=1S/C15H12Cl3FO2/c1-20-14-6-11(17)5-10(7-16)15(14)21-8-9-2-3-13(19)12(18)4-9/h2-6H,7-8H2,1H3. The van der Waals surface area contributed by atoms with Crippen LogP contribution >= 0.6 is 34.8 Å². The molecule has 0 aliphatic rings. The van der Waals surface area contributed by atoms with Crippen molar-refractivity contribution in [3.05, 3.63) is 57.3 Å². The highest BCUT2D eigenvalue weighted by molar-refractivity contribution is 6.31. The zero-order valence-corrected chi connectivity index (χ0v) is 13.4. The first-order valence-corrected chi connectivity index (χ1v) is 7.33. The van der Waals surface area contributed by atoms with Gasteiger partial charge in [0.2, 0.25) is 0 Å². The fourth-order valence-electron chi connectivity index (χ4n) is 1.82. The van der Waals surface area contributed by atoms with Crippen molar-refractivity contribution in [3.63, 3.8) is 0 Å². The van der Waals surface area contributed by atoms with Crippen LogP contribution in [-0.2, 0) is 12.5 Å². The molecule has 2 aromatic rings. The van der Waals surface area contributed by atoms with Crippen LogP contribution in [0.3, 0.4) is 0 Å². The molecule has 0 amide bonds. The molecule has 0 aromatic heterocycles. The van der Waals surface area contributed by atoms with Crippen molar-refractivity contribution in [3.8, 4) is 11.5 Å². The first-order valence-electron chi connectivity index (χ1n) is 6.04. The Morgan fingerprint density at radius 3 is 2.52 bits per heavy atom. The third-order valence-electron chi connectivity index (χ3n) is 2.83. The molecule has 2 nitrogen and oxygen atoms in total. The maximum absolute atomic E-state index is 13.1. The van der Waals surface area contributed by atoms with E-state index >= 15 is 0 Å². The predicted molar refractivity (Wildman–Crippen MR) is 83.3 cm³/mol. The van der Waals surface area contributed by atoms with Crippen LogP contribution in [0.1, 0.15) is 11.1 Å². The van der Waals surface area contributed by atoms with E-state index in [0.29, 0.717) is 22.1 Å². The number of halogens is 4. The van der Waals surface area contributed by atoms with E-state index in [2.05, 4.69) is 0 Å². The third-order valence-corrected chi connectivity index (χ3v) is 3.62. The molecule has 0 aliphatic carbocycles. The number of hydrogen-bond donors (Lipinski definition) is 0. The van der Waals surface area contributed by atoms with Gasteiger partial charge in [-0.05, 0) is 23.8 Å². The van der Waals surface area contributed by atoms with Gasteiger partial charge in [-0.25, -0.2) is 4.39 Å². The van der Waals surface area contributed by atoms with Gasteiger partial charge < -0.3 is 9.47 Å². The van der Waals surface area contributed by atoms with Crippen LogP contribution in [0.4, 0.5) is 4.39 Å². The fourth-order valence-corrected chi connectivity index (χ4v) is 2.45. The second-order valence-electron chi connectivity index (χ2n) is 4.27. The van der Waals surface area contributed by atoms with E-state index in [9.17, 15) is 4.39 Å². The Morgan fingerprint density at radius 2 is 1.90 bits per heavy atom. The average molecular weight is 350 g/mol. The first-order chi connectivity index (χ1) is 10.0. The van der Waals surface area contributed by atoms with Crippen LogP contribution < -0.4 is 9.47 Å². The normalized spacial score (nSPS) is 10.5. The predicted octanol–water partition coefficient (Wildman–Crippen LogP) is 5.46. The van der Waals surface area contributed by atoms with E-state index < -0.39 is 5.82 Å². The maximum atomic E-state index is 13.1. The summed E-state index contributed by atoms with van der Waals surface area (Å²) in [5.74, 6) is 0.769. The van der Waals surface area contributed by atoms with E-state index in [1.807, 2.05) is 0 Å². The van der Waals surface area contributed by atoms with Crippen molar-refractivity contribution in [2.45, 2.75) is 12.5 Å². The van der Waals surface area contributed by atoms with Crippen molar-refractivity contribution in [2.75, 3.05) is 7.11 Å². The van der Waals surface area contributed by atoms with E-state index in [0.717, 1.165) is 5.56 Å². The second-order valence-corrected chi connectivity index (χ2v) is 5.38. The van der Waals surface area contributed by atoms with Gasteiger partial charge in [0.25, 0.3) is 0 Å². The Balaban J connectivity index is 2.24. The van der Waals surface area contributed by atoms with Gasteiger partial charge in [-0.15, -0.1) is 11.6 Å². The van der Waals surface area contributed by atoms with E-state index in [1.54, 1.807) is 18.2 Å². The lowest BCUT2D eigenvalue weighted by Crippen LogP contribution is -2.01. The van der Waals surface area contributed by atoms with Crippen molar-refractivity contribution >= 4 is 34.8 Å². The Hall–Kier alpha value is -1.16. The van der Waals surface area contributed by atoms with E-state index in [4.69, 9.17) is 44.3 Å². The minimum atomic E-state index is -0.467. The third kappa shape index (κ3) is 3.94. The average Bonchev–Trinajstić information content (AvgIpc) is 2.48. The zero-order valence-electron chi connectivity index (χ0n) is 11.1. The molecule has 0 fully saturated rings. The molecule has 0 bridgehead atoms. The highest BCUT2D eigenvalue weighted by atomic mass is 35.5. The highest BCUT2D eigenvalue weighted by Crippen LogP contribution is 2.36. The van der Waals surface area contributed by atoms with Crippen LogP contribution in [0.25, 0.3) is 0 Å². The van der Waals surface area contributed by atoms with Crippen LogP contribution in [-0.4, -0.2) is 7.11 Å². The van der Waals surface area contributed by atoms with Crippen LogP contribution in [0, 0.1) is 5.82 Å². The van der Waals surface area contributed by atoms with Crippen LogP contribution in [0.5, 0.6) is 11.5 Å². The lowest BCUT2D eigenvalue weighted by atomic mass is 10.2. The van der Waals surface area contributed by atoms with Gasteiger partial charge in [-0.3, -0.25) is 0 Å². The number of hydrogen-bond acceptors (Lipinski definition) is 2. The number of rotatable bonds is 5. The topological polar surface area (TPSA) is 18.5 Å². The molecule has 0 heterocycles. The van der Waals surface area contributed by atoms with Crippen molar-refractivity contribution < 1.29 is 13.9 Å². The molecule has 0 saturated carbocycles. The van der Waals surface area contributed by atoms with E-state index in [-0.39, 0.29) is 17.5 Å². The number of benzene rings is 2. The van der Waals surface area contributed by atoms with Crippen molar-refractivity contribution in [1.29, 1.82) is 0 Å². The lowest BCUT2D eigenvalue weighted by Gasteiger charge is -2.15. The minimum absolute atomic E-state index is 0.0525. The molecule has 112 valence electrons. The molecule has 6 heteroatoms. The molecular formula is C15H12Cl3FO2. The first kappa shape index (κ1) is 16.2. The smallest absolute Gasteiger partial charge is 0.166 e. The molecule has 0 aliphatic heterocycles. The summed E-state index contributed by atoms with van der Waals surface area (Å²) < 4.78 is 24.1. The SMILES string of the molecule is COc1cc(Cl)cc(CCl)c1OCc1ccc(F)c(Cl)c1. The van der Waals surface area contributed by atoms with Gasteiger partial charge in [-0.2, -0.15) is 0 Å². The number of alkyl halides is 1. The van der Waals surface area contributed by atoms with E-state index in [1.165, 1.54) is 19.2 Å². The summed E-state index contributed by atoms with van der Waals surface area (Å²) in [6, 6.07) is 7.76. The summed E-state index contributed by atoms with van der Waals surface area (Å²) >= 11 is 17.6. The zero-order chi connectivity index (χ0) is 15.4. The van der Waals surface area contributed by atoms with Crippen LogP contribution in [0.15, 0.2) is 30.3 Å². The molecule has 0 spiro atoms. The van der Waals surface area contributed by atoms with Gasteiger partial charge >= 0.3 is 0 Å². The Labute approximate surface area is 137 Å². The second kappa shape index (κ2) is 7.21. The Kier molecular flexibility index (Phi) is 5.57. The Morgan fingerprint density at radius 1 is 1.14 bits per heavy atom. The summed E-state index contributed by atoms with van der Waals surface area (Å²) in [5, 5.41) is 0.566. The summed E-state index contributed by atoms with van der Waals surface area (Å²) in [4.78, 5) is 0. The molecule has 0 unspecified atom stereocenters. The minimum Gasteiger partial charge on any atom is -0.493 e. The number of ether oxygens (including phenoxy) is 2.